The van der Waals surface area contributed by atoms with Gasteiger partial charge in [0.2, 0.25) is 5.71 Å². The van der Waals surface area contributed by atoms with Crippen molar-refractivity contribution in [2.75, 3.05) is 7.11 Å². The van der Waals surface area contributed by atoms with Gasteiger partial charge in [0.25, 0.3) is 5.91 Å². The molecular weight excluding hydrogens is 352 g/mol. The summed E-state index contributed by atoms with van der Waals surface area (Å²) in [6.07, 6.45) is 3.06. The second kappa shape index (κ2) is 6.68. The molecule has 140 valence electrons. The fraction of sp³-hybridized carbons (Fsp3) is 0.217. The zero-order chi connectivity index (χ0) is 19.1. The van der Waals surface area contributed by atoms with Crippen LogP contribution in [0.5, 0.6) is 5.75 Å². The van der Waals surface area contributed by atoms with Crippen molar-refractivity contribution < 1.29 is 13.9 Å². The van der Waals surface area contributed by atoms with Gasteiger partial charge in [-0.25, -0.2) is 4.98 Å². The molecule has 0 bridgehead atoms. The van der Waals surface area contributed by atoms with Crippen molar-refractivity contribution in [1.82, 2.24) is 10.3 Å². The topological polar surface area (TPSA) is 64.4 Å². The van der Waals surface area contributed by atoms with Crippen molar-refractivity contribution in [3.63, 3.8) is 0 Å². The maximum Gasteiger partial charge on any atom is 0.287 e. The molecule has 1 aliphatic rings. The first-order valence-electron chi connectivity index (χ1n) is 9.48. The van der Waals surface area contributed by atoms with Crippen LogP contribution < -0.4 is 10.1 Å². The lowest BCUT2D eigenvalue weighted by Gasteiger charge is -2.25. The van der Waals surface area contributed by atoms with Gasteiger partial charge in [0.15, 0.2) is 5.76 Å². The Kier molecular flexibility index (Phi) is 4.01. The fourth-order valence-corrected chi connectivity index (χ4v) is 3.99. The van der Waals surface area contributed by atoms with Gasteiger partial charge in [-0.05, 0) is 60.7 Å². The molecule has 1 atom stereocenters. The van der Waals surface area contributed by atoms with Gasteiger partial charge in [0, 0.05) is 10.8 Å². The number of hydrogen-bond donors (Lipinski definition) is 1. The molecule has 0 unspecified atom stereocenters. The molecule has 28 heavy (non-hydrogen) atoms. The van der Waals surface area contributed by atoms with Gasteiger partial charge < -0.3 is 14.5 Å². The third kappa shape index (κ3) is 2.89. The minimum atomic E-state index is -0.207. The molecule has 1 amide bonds. The van der Waals surface area contributed by atoms with Gasteiger partial charge in [-0.1, -0.05) is 24.3 Å². The van der Waals surface area contributed by atoms with Crippen LogP contribution in [0.15, 0.2) is 59.0 Å². The number of fused-ring (bicyclic) bond motifs is 3. The van der Waals surface area contributed by atoms with Crippen LogP contribution in [-0.4, -0.2) is 18.0 Å². The standard InChI is InChI=1S/C23H20N2O3/c1-27-17-9-10-19-15(12-17)11-16-13-21(28-23(16)25-19)22(26)24-20-8-4-6-14-5-2-3-7-18(14)20/h2-3,5,7,9-13,20H,4,6,8H2,1H3,(H,24,26)/t20-/m0/s1. The Bertz CT molecular complexity index is 1200. The summed E-state index contributed by atoms with van der Waals surface area (Å²) in [4.78, 5) is 17.4. The molecule has 4 aromatic rings. The number of aryl methyl sites for hydroxylation is 1. The number of carbonyl (C=O) groups excluding carboxylic acids is 1. The summed E-state index contributed by atoms with van der Waals surface area (Å²) in [6.45, 7) is 0. The highest BCUT2D eigenvalue weighted by atomic mass is 16.5. The average molecular weight is 372 g/mol. The van der Waals surface area contributed by atoms with Crippen LogP contribution in [0, 0.1) is 0 Å². The molecular formula is C23H20N2O3. The number of nitrogens with zero attached hydrogens (tertiary/aromatic N) is 1. The van der Waals surface area contributed by atoms with E-state index in [9.17, 15) is 4.79 Å². The number of ether oxygens (including phenoxy) is 1. The van der Waals surface area contributed by atoms with E-state index in [1.165, 1.54) is 11.1 Å². The van der Waals surface area contributed by atoms with Gasteiger partial charge in [0.1, 0.15) is 5.75 Å². The number of pyridine rings is 1. The SMILES string of the molecule is COc1ccc2nc3oc(C(=O)N[C@H]4CCCc5ccccc54)cc3cc2c1. The molecule has 5 heteroatoms. The van der Waals surface area contributed by atoms with E-state index in [4.69, 9.17) is 9.15 Å². The summed E-state index contributed by atoms with van der Waals surface area (Å²) < 4.78 is 11.0. The Morgan fingerprint density at radius 1 is 1.14 bits per heavy atom. The second-order valence-corrected chi connectivity index (χ2v) is 7.17. The fourth-order valence-electron chi connectivity index (χ4n) is 3.99. The molecule has 0 saturated carbocycles. The number of benzene rings is 2. The van der Waals surface area contributed by atoms with Crippen LogP contribution in [0.3, 0.4) is 0 Å². The molecule has 5 rings (SSSR count). The summed E-state index contributed by atoms with van der Waals surface area (Å²) in [5, 5.41) is 4.88. The highest BCUT2D eigenvalue weighted by molar-refractivity contribution is 5.98. The number of aromatic nitrogens is 1. The van der Waals surface area contributed by atoms with Crippen LogP contribution in [0.2, 0.25) is 0 Å². The minimum Gasteiger partial charge on any atom is -0.497 e. The number of methoxy groups -OCH3 is 1. The summed E-state index contributed by atoms with van der Waals surface area (Å²) in [6, 6.07) is 17.7. The Morgan fingerprint density at radius 2 is 2.04 bits per heavy atom. The third-order valence-electron chi connectivity index (χ3n) is 5.41. The quantitative estimate of drug-likeness (QED) is 0.561. The maximum absolute atomic E-state index is 12.8. The largest absolute Gasteiger partial charge is 0.497 e. The van der Waals surface area contributed by atoms with E-state index < -0.39 is 0 Å². The lowest BCUT2D eigenvalue weighted by Crippen LogP contribution is -2.30. The molecule has 2 heterocycles. The van der Waals surface area contributed by atoms with Crippen LogP contribution in [0.4, 0.5) is 0 Å². The molecule has 0 aliphatic heterocycles. The van der Waals surface area contributed by atoms with Crippen molar-refractivity contribution in [2.45, 2.75) is 25.3 Å². The Hall–Kier alpha value is -3.34. The van der Waals surface area contributed by atoms with Gasteiger partial charge in [0.05, 0.1) is 18.7 Å². The number of hydrogen-bond acceptors (Lipinski definition) is 4. The highest BCUT2D eigenvalue weighted by Gasteiger charge is 2.23. The number of carbonyl (C=O) groups is 1. The van der Waals surface area contributed by atoms with E-state index in [0.29, 0.717) is 5.71 Å². The first-order chi connectivity index (χ1) is 13.7. The molecule has 0 radical (unpaired) electrons. The molecule has 0 spiro atoms. The second-order valence-electron chi connectivity index (χ2n) is 7.17. The molecule has 0 fully saturated rings. The normalized spacial score (nSPS) is 16.1. The summed E-state index contributed by atoms with van der Waals surface area (Å²) in [5.74, 6) is 0.847. The van der Waals surface area contributed by atoms with E-state index in [0.717, 1.165) is 41.3 Å². The van der Waals surface area contributed by atoms with Crippen molar-refractivity contribution in [3.8, 4) is 5.75 Å². The van der Waals surface area contributed by atoms with E-state index in [1.54, 1.807) is 13.2 Å². The van der Waals surface area contributed by atoms with Gasteiger partial charge in [-0.15, -0.1) is 0 Å². The zero-order valence-corrected chi connectivity index (χ0v) is 15.6. The third-order valence-corrected chi connectivity index (χ3v) is 5.41. The predicted octanol–water partition coefficient (Wildman–Crippen LogP) is 4.80. The van der Waals surface area contributed by atoms with E-state index in [2.05, 4.69) is 22.4 Å². The molecule has 1 N–H and O–H groups in total. The molecule has 2 aromatic heterocycles. The Balaban J connectivity index is 1.46. The number of amides is 1. The Labute approximate surface area is 162 Å². The zero-order valence-electron chi connectivity index (χ0n) is 15.6. The van der Waals surface area contributed by atoms with Crippen molar-refractivity contribution in [2.24, 2.45) is 0 Å². The Morgan fingerprint density at radius 3 is 2.93 bits per heavy atom. The highest BCUT2D eigenvalue weighted by Crippen LogP contribution is 2.30. The lowest BCUT2D eigenvalue weighted by atomic mass is 9.88. The first-order valence-corrected chi connectivity index (χ1v) is 9.48. The number of furan rings is 1. The summed E-state index contributed by atoms with van der Waals surface area (Å²) >= 11 is 0. The number of nitrogens with one attached hydrogen (secondary N) is 1. The van der Waals surface area contributed by atoms with Crippen LogP contribution >= 0.6 is 0 Å². The lowest BCUT2D eigenvalue weighted by molar-refractivity contribution is 0.0906. The maximum atomic E-state index is 12.8. The molecule has 0 saturated heterocycles. The van der Waals surface area contributed by atoms with Crippen molar-refractivity contribution in [1.29, 1.82) is 0 Å². The smallest absolute Gasteiger partial charge is 0.287 e. The molecule has 2 aromatic carbocycles. The minimum absolute atomic E-state index is 0.0157. The summed E-state index contributed by atoms with van der Waals surface area (Å²) in [7, 11) is 1.64. The van der Waals surface area contributed by atoms with E-state index in [1.807, 2.05) is 36.4 Å². The van der Waals surface area contributed by atoms with E-state index >= 15 is 0 Å². The van der Waals surface area contributed by atoms with Crippen LogP contribution in [-0.2, 0) is 6.42 Å². The van der Waals surface area contributed by atoms with Crippen molar-refractivity contribution in [3.05, 3.63) is 71.5 Å². The van der Waals surface area contributed by atoms with Crippen LogP contribution in [0.25, 0.3) is 22.0 Å². The molecule has 5 nitrogen and oxygen atoms in total. The average Bonchev–Trinajstić information content (AvgIpc) is 3.15. The van der Waals surface area contributed by atoms with Gasteiger partial charge >= 0.3 is 0 Å². The summed E-state index contributed by atoms with van der Waals surface area (Å²) in [5.41, 5.74) is 3.78. The predicted molar refractivity (Wildman–Crippen MR) is 108 cm³/mol. The number of rotatable bonds is 3. The van der Waals surface area contributed by atoms with E-state index in [-0.39, 0.29) is 17.7 Å². The first kappa shape index (κ1) is 16.8. The van der Waals surface area contributed by atoms with Crippen molar-refractivity contribution >= 4 is 27.9 Å². The van der Waals surface area contributed by atoms with Gasteiger partial charge in [-0.3, -0.25) is 4.79 Å². The van der Waals surface area contributed by atoms with Crippen LogP contribution in [0.1, 0.15) is 40.6 Å². The van der Waals surface area contributed by atoms with Gasteiger partial charge in [-0.2, -0.15) is 0 Å². The monoisotopic (exact) mass is 372 g/mol. The molecule has 1 aliphatic carbocycles.